The maximum atomic E-state index is 12.9. The highest BCUT2D eigenvalue weighted by molar-refractivity contribution is 5.87. The van der Waals surface area contributed by atoms with Crippen molar-refractivity contribution in [1.82, 2.24) is 21.3 Å². The van der Waals surface area contributed by atoms with E-state index in [-0.39, 0.29) is 36.7 Å². The minimum atomic E-state index is -0.546. The minimum Gasteiger partial charge on any atom is -0.351 e. The second-order valence-electron chi connectivity index (χ2n) is 7.61. The lowest BCUT2D eigenvalue weighted by atomic mass is 9.99. The molecule has 28 heavy (non-hydrogen) atoms. The summed E-state index contributed by atoms with van der Waals surface area (Å²) in [6.45, 7) is 2.27. The molecule has 2 fully saturated rings. The normalized spacial score (nSPS) is 24.0. The Labute approximate surface area is 171 Å². The third-order valence-corrected chi connectivity index (χ3v) is 5.38. The summed E-state index contributed by atoms with van der Waals surface area (Å²) in [4.78, 5) is 24.9. The molecule has 2 aliphatic heterocycles. The molecule has 0 radical (unpaired) electrons. The first-order valence-electron chi connectivity index (χ1n) is 9.88. The first-order valence-corrected chi connectivity index (χ1v) is 9.88. The molecule has 2 bridgehead atoms. The van der Waals surface area contributed by atoms with Gasteiger partial charge < -0.3 is 21.3 Å². The van der Waals surface area contributed by atoms with E-state index in [4.69, 9.17) is 0 Å². The lowest BCUT2D eigenvalue weighted by Gasteiger charge is -2.31. The van der Waals surface area contributed by atoms with Gasteiger partial charge in [0.1, 0.15) is 11.9 Å². The fourth-order valence-corrected chi connectivity index (χ4v) is 4.03. The van der Waals surface area contributed by atoms with E-state index >= 15 is 0 Å². The smallest absolute Gasteiger partial charge is 0.315 e. The van der Waals surface area contributed by atoms with Crippen molar-refractivity contribution in [3.05, 3.63) is 35.6 Å². The van der Waals surface area contributed by atoms with Crippen LogP contribution in [0, 0.1) is 5.82 Å². The van der Waals surface area contributed by atoms with E-state index in [9.17, 15) is 14.0 Å². The number of carbonyl (C=O) groups excluding carboxylic acids is 2. The monoisotopic (exact) mass is 412 g/mol. The zero-order valence-electron chi connectivity index (χ0n) is 16.2. The molecule has 1 aromatic carbocycles. The summed E-state index contributed by atoms with van der Waals surface area (Å²) in [5, 5.41) is 12.2. The predicted octanol–water partition coefficient (Wildman–Crippen LogP) is 2.61. The molecule has 2 saturated heterocycles. The number of urea groups is 1. The van der Waals surface area contributed by atoms with Gasteiger partial charge in [0.25, 0.3) is 0 Å². The highest BCUT2D eigenvalue weighted by Gasteiger charge is 2.34. The van der Waals surface area contributed by atoms with Gasteiger partial charge in [-0.2, -0.15) is 0 Å². The van der Waals surface area contributed by atoms with E-state index in [0.29, 0.717) is 18.5 Å². The maximum Gasteiger partial charge on any atom is 0.315 e. The Morgan fingerprint density at radius 1 is 1.18 bits per heavy atom. The molecule has 3 atom stereocenters. The summed E-state index contributed by atoms with van der Waals surface area (Å²) in [5.74, 6) is -0.422. The number of amides is 3. The van der Waals surface area contributed by atoms with Gasteiger partial charge in [-0.05, 0) is 49.8 Å². The van der Waals surface area contributed by atoms with Crippen LogP contribution in [0.2, 0.25) is 0 Å². The van der Waals surface area contributed by atoms with Crippen LogP contribution in [0.15, 0.2) is 24.3 Å². The van der Waals surface area contributed by atoms with E-state index in [2.05, 4.69) is 21.3 Å². The number of fused-ring (bicyclic) bond motifs is 2. The molecule has 0 spiro atoms. The van der Waals surface area contributed by atoms with Gasteiger partial charge in [-0.1, -0.05) is 25.5 Å². The van der Waals surface area contributed by atoms with Crippen molar-refractivity contribution in [2.45, 2.75) is 76.2 Å². The molecule has 8 heteroatoms. The van der Waals surface area contributed by atoms with Gasteiger partial charge in [0.15, 0.2) is 0 Å². The number of carbonyl (C=O) groups is 2. The summed E-state index contributed by atoms with van der Waals surface area (Å²) in [6.07, 6.45) is 5.66. The van der Waals surface area contributed by atoms with Crippen LogP contribution in [0.25, 0.3) is 0 Å². The highest BCUT2D eigenvalue weighted by atomic mass is 35.5. The Balaban J connectivity index is 0.00000280. The van der Waals surface area contributed by atoms with Crippen molar-refractivity contribution in [2.75, 3.05) is 0 Å². The zero-order valence-corrected chi connectivity index (χ0v) is 17.0. The quantitative estimate of drug-likeness (QED) is 0.555. The van der Waals surface area contributed by atoms with Crippen molar-refractivity contribution in [2.24, 2.45) is 0 Å². The molecule has 0 saturated carbocycles. The molecule has 3 rings (SSSR count). The molecule has 0 aromatic heterocycles. The average Bonchev–Trinajstić information content (AvgIpc) is 2.99. The van der Waals surface area contributed by atoms with E-state index in [1.807, 2.05) is 6.92 Å². The molecular weight excluding hydrogens is 383 g/mol. The first kappa shape index (κ1) is 22.4. The molecule has 3 amide bonds. The molecule has 2 aliphatic rings. The second-order valence-corrected chi connectivity index (χ2v) is 7.61. The van der Waals surface area contributed by atoms with E-state index in [1.165, 1.54) is 25.0 Å². The van der Waals surface area contributed by atoms with Crippen LogP contribution in [-0.2, 0) is 11.3 Å². The molecule has 3 unspecified atom stereocenters. The topological polar surface area (TPSA) is 82.3 Å². The van der Waals surface area contributed by atoms with Crippen molar-refractivity contribution in [3.63, 3.8) is 0 Å². The summed E-state index contributed by atoms with van der Waals surface area (Å²) < 4.78 is 12.9. The molecule has 2 heterocycles. The van der Waals surface area contributed by atoms with Crippen LogP contribution in [0.3, 0.4) is 0 Å². The van der Waals surface area contributed by atoms with Gasteiger partial charge in [0.2, 0.25) is 5.91 Å². The number of piperidine rings is 1. The first-order chi connectivity index (χ1) is 13.0. The van der Waals surface area contributed by atoms with Gasteiger partial charge >= 0.3 is 6.03 Å². The van der Waals surface area contributed by atoms with E-state index < -0.39 is 12.1 Å². The number of halogens is 2. The van der Waals surface area contributed by atoms with Gasteiger partial charge in [-0.3, -0.25) is 4.79 Å². The zero-order chi connectivity index (χ0) is 19.2. The highest BCUT2D eigenvalue weighted by Crippen LogP contribution is 2.26. The van der Waals surface area contributed by atoms with E-state index in [0.717, 1.165) is 24.8 Å². The Kier molecular flexibility index (Phi) is 8.51. The number of benzene rings is 1. The van der Waals surface area contributed by atoms with Crippen LogP contribution < -0.4 is 21.3 Å². The van der Waals surface area contributed by atoms with Crippen LogP contribution in [0.1, 0.15) is 51.0 Å². The number of nitrogens with one attached hydrogen (secondary N) is 4. The molecule has 1 aromatic rings. The largest absolute Gasteiger partial charge is 0.351 e. The number of rotatable bonds is 7. The van der Waals surface area contributed by atoms with E-state index in [1.54, 1.807) is 12.1 Å². The van der Waals surface area contributed by atoms with Crippen LogP contribution in [0.5, 0.6) is 0 Å². The average molecular weight is 413 g/mol. The molecule has 4 N–H and O–H groups in total. The number of hydrogen-bond acceptors (Lipinski definition) is 3. The lowest BCUT2D eigenvalue weighted by molar-refractivity contribution is -0.124. The van der Waals surface area contributed by atoms with Crippen LogP contribution >= 0.6 is 12.4 Å². The molecule has 6 nitrogen and oxygen atoms in total. The molecular formula is C20H30ClFN4O2. The maximum absolute atomic E-state index is 12.9. The van der Waals surface area contributed by atoms with Gasteiger partial charge in [-0.15, -0.1) is 12.4 Å². The molecule has 156 valence electrons. The Morgan fingerprint density at radius 2 is 1.82 bits per heavy atom. The van der Waals surface area contributed by atoms with Gasteiger partial charge in [0.05, 0.1) is 0 Å². The summed E-state index contributed by atoms with van der Waals surface area (Å²) in [5.41, 5.74) is 0.799. The van der Waals surface area contributed by atoms with Crippen LogP contribution in [0.4, 0.5) is 9.18 Å². The minimum absolute atomic E-state index is 0. The van der Waals surface area contributed by atoms with Crippen molar-refractivity contribution in [1.29, 1.82) is 0 Å². The van der Waals surface area contributed by atoms with Crippen LogP contribution in [-0.4, -0.2) is 36.1 Å². The number of hydrogen-bond donors (Lipinski definition) is 4. The Bertz CT molecular complexity index is 646. The summed E-state index contributed by atoms with van der Waals surface area (Å²) >= 11 is 0. The van der Waals surface area contributed by atoms with Crippen molar-refractivity contribution < 1.29 is 14.0 Å². The third kappa shape index (κ3) is 6.34. The summed E-state index contributed by atoms with van der Waals surface area (Å²) in [6, 6.07) is 6.21. The van der Waals surface area contributed by atoms with Gasteiger partial charge in [-0.25, -0.2) is 9.18 Å². The SMILES string of the molecule is CCCC(NC(=O)NCc1ccc(F)cc1)C(=O)NC1CC2CCC(C1)N2.Cl. The van der Waals surface area contributed by atoms with Crippen molar-refractivity contribution >= 4 is 24.3 Å². The Hall–Kier alpha value is -1.86. The van der Waals surface area contributed by atoms with Crippen molar-refractivity contribution in [3.8, 4) is 0 Å². The third-order valence-electron chi connectivity index (χ3n) is 5.38. The Morgan fingerprint density at radius 3 is 2.43 bits per heavy atom. The fourth-order valence-electron chi connectivity index (χ4n) is 4.03. The predicted molar refractivity (Wildman–Crippen MR) is 109 cm³/mol. The lowest BCUT2D eigenvalue weighted by Crippen LogP contribution is -2.54. The second kappa shape index (κ2) is 10.6. The van der Waals surface area contributed by atoms with Gasteiger partial charge in [0, 0.05) is 24.7 Å². The standard InChI is InChI=1S/C20H29FN4O2.ClH/c1-2-3-18(19(26)24-17-10-15-8-9-16(11-17)23-15)25-20(27)22-12-13-4-6-14(21)7-5-13;/h4-7,15-18,23H,2-3,8-12H2,1H3,(H,24,26)(H2,22,25,27);1H. The fraction of sp³-hybridized carbons (Fsp3) is 0.600. The molecule has 0 aliphatic carbocycles. The summed E-state index contributed by atoms with van der Waals surface area (Å²) in [7, 11) is 0.